The molecule has 2 fully saturated rings. The van der Waals surface area contributed by atoms with Gasteiger partial charge in [0.15, 0.2) is 0 Å². The molecule has 0 saturated carbocycles. The van der Waals surface area contributed by atoms with Gasteiger partial charge in [-0.1, -0.05) is 23.7 Å². The number of nitrogens with zero attached hydrogens (tertiary/aromatic N) is 2. The van der Waals surface area contributed by atoms with Crippen molar-refractivity contribution in [1.82, 2.24) is 10.2 Å². The van der Waals surface area contributed by atoms with Crippen LogP contribution in [0.3, 0.4) is 0 Å². The number of carbonyl (C=O) groups excluding carboxylic acids is 3. The van der Waals surface area contributed by atoms with Gasteiger partial charge >= 0.3 is 0 Å². The number of likely N-dealkylation sites (tertiary alicyclic amines) is 1. The number of hydrogen-bond donors (Lipinski definition) is 1. The molecular formula is C18H22ClN3O3. The Balaban J connectivity index is 1.57. The first-order valence-electron chi connectivity index (χ1n) is 8.56. The summed E-state index contributed by atoms with van der Waals surface area (Å²) in [4.78, 5) is 39.6. The fourth-order valence-corrected chi connectivity index (χ4v) is 3.68. The first-order valence-corrected chi connectivity index (χ1v) is 8.94. The summed E-state index contributed by atoms with van der Waals surface area (Å²) in [5.74, 6) is -0.472. The summed E-state index contributed by atoms with van der Waals surface area (Å²) < 4.78 is 0. The lowest BCUT2D eigenvalue weighted by Gasteiger charge is -2.32. The number of halogens is 1. The fourth-order valence-electron chi connectivity index (χ4n) is 3.44. The molecule has 1 atom stereocenters. The predicted octanol–water partition coefficient (Wildman–Crippen LogP) is 1.82. The third-order valence-corrected chi connectivity index (χ3v) is 5.25. The van der Waals surface area contributed by atoms with Gasteiger partial charge in [-0.25, -0.2) is 0 Å². The largest absolute Gasteiger partial charge is 0.353 e. The molecule has 1 unspecified atom stereocenters. The molecule has 2 saturated heterocycles. The Bertz CT molecular complexity index is 686. The van der Waals surface area contributed by atoms with Crippen LogP contribution in [0.25, 0.3) is 0 Å². The molecule has 134 valence electrons. The number of amides is 3. The van der Waals surface area contributed by atoms with E-state index in [2.05, 4.69) is 5.32 Å². The molecule has 3 rings (SSSR count). The Morgan fingerprint density at radius 2 is 1.88 bits per heavy atom. The standard InChI is InChI=1S/C18H22ClN3O3/c1-12(23)21-8-6-14(7-9-21)20-18(25)13-10-17(24)22(11-13)16-5-3-2-4-15(16)19/h2-5,13-14H,6-11H2,1H3,(H,20,25). The van der Waals surface area contributed by atoms with Crippen LogP contribution in [0.5, 0.6) is 0 Å². The minimum absolute atomic E-state index is 0.0626. The van der Waals surface area contributed by atoms with Crippen molar-refractivity contribution in [2.75, 3.05) is 24.5 Å². The maximum Gasteiger partial charge on any atom is 0.227 e. The van der Waals surface area contributed by atoms with Gasteiger partial charge in [0.1, 0.15) is 0 Å². The first kappa shape index (κ1) is 17.7. The normalized spacial score (nSPS) is 21.5. The smallest absolute Gasteiger partial charge is 0.227 e. The number of nitrogens with one attached hydrogen (secondary N) is 1. The molecule has 0 radical (unpaired) electrons. The van der Waals surface area contributed by atoms with Crippen LogP contribution in [0.2, 0.25) is 5.02 Å². The Kier molecular flexibility index (Phi) is 5.27. The number of rotatable bonds is 3. The highest BCUT2D eigenvalue weighted by Gasteiger charge is 2.36. The molecule has 1 aromatic carbocycles. The highest BCUT2D eigenvalue weighted by atomic mass is 35.5. The van der Waals surface area contributed by atoms with Gasteiger partial charge in [-0.3, -0.25) is 14.4 Å². The second-order valence-corrected chi connectivity index (χ2v) is 7.05. The van der Waals surface area contributed by atoms with Crippen molar-refractivity contribution in [3.05, 3.63) is 29.3 Å². The minimum Gasteiger partial charge on any atom is -0.353 e. The summed E-state index contributed by atoms with van der Waals surface area (Å²) in [7, 11) is 0. The van der Waals surface area contributed by atoms with E-state index in [-0.39, 0.29) is 36.1 Å². The summed E-state index contributed by atoms with van der Waals surface area (Å²) in [5.41, 5.74) is 0.652. The second kappa shape index (κ2) is 7.44. The van der Waals surface area contributed by atoms with E-state index < -0.39 is 0 Å². The quantitative estimate of drug-likeness (QED) is 0.890. The van der Waals surface area contributed by atoms with Crippen LogP contribution < -0.4 is 10.2 Å². The zero-order valence-corrected chi connectivity index (χ0v) is 15.0. The molecule has 2 heterocycles. The van der Waals surface area contributed by atoms with Gasteiger partial charge in [-0.05, 0) is 25.0 Å². The Morgan fingerprint density at radius 3 is 2.52 bits per heavy atom. The third-order valence-electron chi connectivity index (χ3n) is 4.93. The molecule has 3 amide bonds. The average molecular weight is 364 g/mol. The molecule has 1 N–H and O–H groups in total. The Morgan fingerprint density at radius 1 is 1.20 bits per heavy atom. The van der Waals surface area contributed by atoms with Gasteiger partial charge in [-0.2, -0.15) is 0 Å². The van der Waals surface area contributed by atoms with Gasteiger partial charge in [0.2, 0.25) is 17.7 Å². The molecule has 6 nitrogen and oxygen atoms in total. The van der Waals surface area contributed by atoms with Crippen LogP contribution in [-0.4, -0.2) is 48.3 Å². The van der Waals surface area contributed by atoms with E-state index in [0.29, 0.717) is 30.3 Å². The lowest BCUT2D eigenvalue weighted by atomic mass is 10.0. The molecular weight excluding hydrogens is 342 g/mol. The summed E-state index contributed by atoms with van der Waals surface area (Å²) >= 11 is 6.17. The topological polar surface area (TPSA) is 69.7 Å². The van der Waals surface area contributed by atoms with Crippen molar-refractivity contribution in [2.45, 2.75) is 32.2 Å². The number of hydrogen-bond acceptors (Lipinski definition) is 3. The number of carbonyl (C=O) groups is 3. The lowest BCUT2D eigenvalue weighted by molar-refractivity contribution is -0.130. The Hall–Kier alpha value is -2.08. The third kappa shape index (κ3) is 3.95. The highest BCUT2D eigenvalue weighted by Crippen LogP contribution is 2.31. The SMILES string of the molecule is CC(=O)N1CCC(NC(=O)C2CC(=O)N(c3ccccc3Cl)C2)CC1. The molecule has 0 aromatic heterocycles. The van der Waals surface area contributed by atoms with Crippen molar-refractivity contribution in [2.24, 2.45) is 5.92 Å². The Labute approximate surface area is 152 Å². The highest BCUT2D eigenvalue weighted by molar-refractivity contribution is 6.33. The monoisotopic (exact) mass is 363 g/mol. The molecule has 25 heavy (non-hydrogen) atoms. The van der Waals surface area contributed by atoms with E-state index >= 15 is 0 Å². The van der Waals surface area contributed by atoms with Gasteiger partial charge in [-0.15, -0.1) is 0 Å². The van der Waals surface area contributed by atoms with E-state index in [4.69, 9.17) is 11.6 Å². The van der Waals surface area contributed by atoms with Gasteiger partial charge in [0.25, 0.3) is 0 Å². The van der Waals surface area contributed by atoms with Gasteiger partial charge in [0.05, 0.1) is 16.6 Å². The van der Waals surface area contributed by atoms with E-state index in [1.807, 2.05) is 12.1 Å². The summed E-state index contributed by atoms with van der Waals surface area (Å²) in [6.07, 6.45) is 1.70. The zero-order chi connectivity index (χ0) is 18.0. The molecule has 7 heteroatoms. The number of benzene rings is 1. The molecule has 1 aromatic rings. The first-order chi connectivity index (χ1) is 12.0. The van der Waals surface area contributed by atoms with E-state index in [1.54, 1.807) is 28.9 Å². The van der Waals surface area contributed by atoms with Crippen molar-refractivity contribution < 1.29 is 14.4 Å². The summed E-state index contributed by atoms with van der Waals surface area (Å²) in [6, 6.07) is 7.22. The van der Waals surface area contributed by atoms with E-state index in [9.17, 15) is 14.4 Å². The van der Waals surface area contributed by atoms with Crippen LogP contribution in [0.1, 0.15) is 26.2 Å². The molecule has 0 aliphatic carbocycles. The van der Waals surface area contributed by atoms with E-state index in [0.717, 1.165) is 12.8 Å². The van der Waals surface area contributed by atoms with Crippen molar-refractivity contribution in [3.8, 4) is 0 Å². The summed E-state index contributed by atoms with van der Waals surface area (Å²) in [6.45, 7) is 3.23. The van der Waals surface area contributed by atoms with Gasteiger partial charge < -0.3 is 15.1 Å². The van der Waals surface area contributed by atoms with Crippen LogP contribution in [-0.2, 0) is 14.4 Å². The summed E-state index contributed by atoms with van der Waals surface area (Å²) in [5, 5.41) is 3.55. The predicted molar refractivity (Wildman–Crippen MR) is 95.3 cm³/mol. The van der Waals surface area contributed by atoms with Crippen LogP contribution in [0.15, 0.2) is 24.3 Å². The molecule has 2 aliphatic rings. The number of para-hydroxylation sites is 1. The van der Waals surface area contributed by atoms with E-state index in [1.165, 1.54) is 0 Å². The molecule has 0 spiro atoms. The second-order valence-electron chi connectivity index (χ2n) is 6.65. The van der Waals surface area contributed by atoms with Crippen molar-refractivity contribution in [1.29, 1.82) is 0 Å². The number of piperidine rings is 1. The lowest BCUT2D eigenvalue weighted by Crippen LogP contribution is -2.47. The molecule has 2 aliphatic heterocycles. The minimum atomic E-state index is -0.366. The van der Waals surface area contributed by atoms with Crippen molar-refractivity contribution in [3.63, 3.8) is 0 Å². The van der Waals surface area contributed by atoms with Crippen LogP contribution >= 0.6 is 11.6 Å². The number of anilines is 1. The fraction of sp³-hybridized carbons (Fsp3) is 0.500. The van der Waals surface area contributed by atoms with Crippen LogP contribution in [0, 0.1) is 5.92 Å². The maximum atomic E-state index is 12.5. The average Bonchev–Trinajstić information content (AvgIpc) is 2.97. The zero-order valence-electron chi connectivity index (χ0n) is 14.2. The van der Waals surface area contributed by atoms with Crippen LogP contribution in [0.4, 0.5) is 5.69 Å². The van der Waals surface area contributed by atoms with Crippen molar-refractivity contribution >= 4 is 35.0 Å². The van der Waals surface area contributed by atoms with Gasteiger partial charge in [0, 0.05) is 39.0 Å². The molecule has 0 bridgehead atoms. The maximum absolute atomic E-state index is 12.5.